The van der Waals surface area contributed by atoms with Gasteiger partial charge in [-0.2, -0.15) is 0 Å². The molecule has 2 atom stereocenters. The summed E-state index contributed by atoms with van der Waals surface area (Å²) in [6.45, 7) is 2.23. The largest absolute Gasteiger partial charge is 0.481 e. The van der Waals surface area contributed by atoms with Gasteiger partial charge in [0.2, 0.25) is 0 Å². The summed E-state index contributed by atoms with van der Waals surface area (Å²) in [5, 5.41) is 22.3. The third-order valence-electron chi connectivity index (χ3n) is 4.59. The maximum atomic E-state index is 12.8. The Kier molecular flexibility index (Phi) is 4.99. The first-order valence-corrected chi connectivity index (χ1v) is 9.00. The number of hydrogen-bond donors (Lipinski definition) is 1. The van der Waals surface area contributed by atoms with Crippen LogP contribution < -0.4 is 0 Å². The number of hydrogen-bond acceptors (Lipinski definition) is 6. The minimum Gasteiger partial charge on any atom is -0.481 e. The van der Waals surface area contributed by atoms with Gasteiger partial charge in [0.15, 0.2) is 0 Å². The Morgan fingerprint density at radius 1 is 1.42 bits per heavy atom. The average Bonchev–Trinajstić information content (AvgIpc) is 3.11. The maximum absolute atomic E-state index is 12.8. The first-order chi connectivity index (χ1) is 12.4. The number of amides is 1. The van der Waals surface area contributed by atoms with Crippen molar-refractivity contribution in [3.05, 3.63) is 45.5 Å². The number of nitro groups is 1. The topological polar surface area (TPSA) is 114 Å². The first kappa shape index (κ1) is 18.0. The summed E-state index contributed by atoms with van der Waals surface area (Å²) in [6, 6.07) is 5.67. The van der Waals surface area contributed by atoms with E-state index in [-0.39, 0.29) is 17.3 Å². The predicted molar refractivity (Wildman–Crippen MR) is 95.1 cm³/mol. The SMILES string of the molecule is C[C@@H]1[C@H](C(=O)O)CCCN1C(=O)c1csc(-c2cccc([N+](=O)[O-])c2)n1. The second-order valence-corrected chi connectivity index (χ2v) is 7.03. The van der Waals surface area contributed by atoms with E-state index >= 15 is 0 Å². The van der Waals surface area contributed by atoms with E-state index in [9.17, 15) is 24.8 Å². The molecule has 1 saturated heterocycles. The van der Waals surface area contributed by atoms with Gasteiger partial charge in [0.1, 0.15) is 10.7 Å². The highest BCUT2D eigenvalue weighted by Crippen LogP contribution is 2.29. The van der Waals surface area contributed by atoms with Crippen molar-refractivity contribution < 1.29 is 19.6 Å². The lowest BCUT2D eigenvalue weighted by Crippen LogP contribution is -2.49. The van der Waals surface area contributed by atoms with Crippen molar-refractivity contribution in [3.63, 3.8) is 0 Å². The minimum absolute atomic E-state index is 0.0421. The Bertz CT molecular complexity index is 866. The molecule has 1 N–H and O–H groups in total. The smallest absolute Gasteiger partial charge is 0.308 e. The van der Waals surface area contributed by atoms with Crippen molar-refractivity contribution >= 4 is 28.9 Å². The summed E-state index contributed by atoms with van der Waals surface area (Å²) in [5.74, 6) is -1.79. The molecular weight excluding hydrogens is 358 g/mol. The molecule has 2 aromatic rings. The molecule has 1 aliphatic heterocycles. The number of carboxylic acids is 1. The number of nitro benzene ring substituents is 1. The Labute approximate surface area is 153 Å². The van der Waals surface area contributed by atoms with Crippen LogP contribution in [0.15, 0.2) is 29.6 Å². The van der Waals surface area contributed by atoms with Crippen LogP contribution in [0.5, 0.6) is 0 Å². The number of benzene rings is 1. The lowest BCUT2D eigenvalue weighted by Gasteiger charge is -2.37. The monoisotopic (exact) mass is 375 g/mol. The van der Waals surface area contributed by atoms with E-state index in [2.05, 4.69) is 4.98 Å². The van der Waals surface area contributed by atoms with Crippen LogP contribution in [0.3, 0.4) is 0 Å². The number of carboxylic acid groups (broad SMARTS) is 1. The lowest BCUT2D eigenvalue weighted by atomic mass is 9.90. The van der Waals surface area contributed by atoms with Gasteiger partial charge in [0.05, 0.1) is 10.8 Å². The second kappa shape index (κ2) is 7.20. The summed E-state index contributed by atoms with van der Waals surface area (Å²) >= 11 is 1.23. The highest BCUT2D eigenvalue weighted by Gasteiger charge is 2.36. The van der Waals surface area contributed by atoms with Crippen molar-refractivity contribution in [1.82, 2.24) is 9.88 Å². The molecule has 0 bridgehead atoms. The van der Waals surface area contributed by atoms with E-state index in [0.717, 1.165) is 0 Å². The molecule has 1 aromatic carbocycles. The fourth-order valence-electron chi connectivity index (χ4n) is 3.16. The zero-order valence-corrected chi connectivity index (χ0v) is 14.8. The number of carbonyl (C=O) groups excluding carboxylic acids is 1. The van der Waals surface area contributed by atoms with Crippen LogP contribution in [-0.4, -0.2) is 44.4 Å². The van der Waals surface area contributed by atoms with E-state index < -0.39 is 22.9 Å². The fraction of sp³-hybridized carbons (Fsp3) is 0.353. The Hall–Kier alpha value is -2.81. The van der Waals surface area contributed by atoms with E-state index in [1.807, 2.05) is 0 Å². The summed E-state index contributed by atoms with van der Waals surface area (Å²) in [6.07, 6.45) is 1.19. The average molecular weight is 375 g/mol. The molecular formula is C17H17N3O5S. The molecule has 1 amide bonds. The number of rotatable bonds is 4. The molecule has 0 unspecified atom stereocenters. The van der Waals surface area contributed by atoms with Crippen LogP contribution in [0, 0.1) is 16.0 Å². The maximum Gasteiger partial charge on any atom is 0.308 e. The van der Waals surface area contributed by atoms with Gasteiger partial charge in [-0.05, 0) is 19.8 Å². The van der Waals surface area contributed by atoms with Gasteiger partial charge in [-0.15, -0.1) is 11.3 Å². The third kappa shape index (κ3) is 3.43. The fourth-order valence-corrected chi connectivity index (χ4v) is 3.95. The molecule has 136 valence electrons. The van der Waals surface area contributed by atoms with Crippen LogP contribution in [-0.2, 0) is 4.79 Å². The molecule has 9 heteroatoms. The van der Waals surface area contributed by atoms with Gasteiger partial charge < -0.3 is 10.0 Å². The Morgan fingerprint density at radius 2 is 2.19 bits per heavy atom. The highest BCUT2D eigenvalue weighted by molar-refractivity contribution is 7.13. The number of likely N-dealkylation sites (tertiary alicyclic amines) is 1. The third-order valence-corrected chi connectivity index (χ3v) is 5.48. The molecule has 0 saturated carbocycles. The number of aromatic nitrogens is 1. The van der Waals surface area contributed by atoms with Crippen LogP contribution in [0.2, 0.25) is 0 Å². The zero-order chi connectivity index (χ0) is 18.8. The van der Waals surface area contributed by atoms with Crippen molar-refractivity contribution in [2.45, 2.75) is 25.8 Å². The molecule has 0 aliphatic carbocycles. The number of non-ortho nitro benzene ring substituents is 1. The molecule has 3 rings (SSSR count). The quantitative estimate of drug-likeness (QED) is 0.649. The Balaban J connectivity index is 1.83. The molecule has 1 aromatic heterocycles. The van der Waals surface area contributed by atoms with Crippen molar-refractivity contribution in [2.75, 3.05) is 6.54 Å². The van der Waals surface area contributed by atoms with Crippen LogP contribution >= 0.6 is 11.3 Å². The van der Waals surface area contributed by atoms with Gasteiger partial charge in [0, 0.05) is 35.7 Å². The second-order valence-electron chi connectivity index (χ2n) is 6.17. The number of carbonyl (C=O) groups is 2. The summed E-state index contributed by atoms with van der Waals surface area (Å²) in [4.78, 5) is 40.4. The molecule has 0 spiro atoms. The number of piperidine rings is 1. The van der Waals surface area contributed by atoms with E-state index in [4.69, 9.17) is 0 Å². The van der Waals surface area contributed by atoms with Gasteiger partial charge in [-0.3, -0.25) is 19.7 Å². The highest BCUT2D eigenvalue weighted by atomic mass is 32.1. The van der Waals surface area contributed by atoms with Crippen LogP contribution in [0.1, 0.15) is 30.3 Å². The lowest BCUT2D eigenvalue weighted by molar-refractivity contribution is -0.384. The van der Waals surface area contributed by atoms with Gasteiger partial charge in [-0.1, -0.05) is 12.1 Å². The molecule has 1 fully saturated rings. The molecule has 26 heavy (non-hydrogen) atoms. The zero-order valence-electron chi connectivity index (χ0n) is 14.0. The predicted octanol–water partition coefficient (Wildman–Crippen LogP) is 3.04. The summed E-state index contributed by atoms with van der Waals surface area (Å²) < 4.78 is 0. The van der Waals surface area contributed by atoms with Gasteiger partial charge in [0.25, 0.3) is 11.6 Å². The minimum atomic E-state index is -0.898. The van der Waals surface area contributed by atoms with E-state index in [0.29, 0.717) is 30.0 Å². The van der Waals surface area contributed by atoms with Crippen molar-refractivity contribution in [2.24, 2.45) is 5.92 Å². The molecule has 0 radical (unpaired) electrons. The number of thiazole rings is 1. The normalized spacial score (nSPS) is 20.0. The molecule has 8 nitrogen and oxygen atoms in total. The molecule has 1 aliphatic rings. The van der Waals surface area contributed by atoms with Gasteiger partial charge in [-0.25, -0.2) is 4.98 Å². The van der Waals surface area contributed by atoms with Crippen molar-refractivity contribution in [3.8, 4) is 10.6 Å². The Morgan fingerprint density at radius 3 is 2.88 bits per heavy atom. The van der Waals surface area contributed by atoms with Crippen LogP contribution in [0.25, 0.3) is 10.6 Å². The molecule has 2 heterocycles. The standard InChI is InChI=1S/C17H17N3O5S/c1-10-13(17(22)23)6-3-7-19(10)16(21)14-9-26-15(18-14)11-4-2-5-12(8-11)20(24)25/h2,4-5,8-10,13H,3,6-7H2,1H3,(H,22,23)/t10-,13-/m1/s1. The summed E-state index contributed by atoms with van der Waals surface area (Å²) in [7, 11) is 0. The van der Waals surface area contributed by atoms with Crippen molar-refractivity contribution in [1.29, 1.82) is 0 Å². The van der Waals surface area contributed by atoms with E-state index in [1.54, 1.807) is 29.3 Å². The number of aliphatic carboxylic acids is 1. The van der Waals surface area contributed by atoms with Gasteiger partial charge >= 0.3 is 5.97 Å². The first-order valence-electron chi connectivity index (χ1n) is 8.12. The van der Waals surface area contributed by atoms with Crippen LogP contribution in [0.4, 0.5) is 5.69 Å². The number of nitrogens with zero attached hydrogens (tertiary/aromatic N) is 3. The summed E-state index contributed by atoms with van der Waals surface area (Å²) in [5.41, 5.74) is 0.757. The van der Waals surface area contributed by atoms with E-state index in [1.165, 1.54) is 23.5 Å².